The Morgan fingerprint density at radius 2 is 0.510 bits per heavy atom. The van der Waals surface area contributed by atoms with E-state index in [2.05, 4.69) is 149 Å². The van der Waals surface area contributed by atoms with Crippen molar-refractivity contribution in [2.45, 2.75) is 341 Å². The maximum Gasteiger partial charge on any atom is 0.472 e. The van der Waals surface area contributed by atoms with Gasteiger partial charge < -0.3 is 33.8 Å². The quantitative estimate of drug-likeness (QED) is 0.0169. The van der Waals surface area contributed by atoms with Gasteiger partial charge in [-0.3, -0.25) is 37.3 Å². The number of rotatable bonds is 74. The Hall–Kier alpha value is -4.54. The number of hydrogen-bond donors (Lipinski definition) is 3. The molecule has 0 aromatic heterocycles. The Morgan fingerprint density at radius 1 is 0.284 bits per heavy atom. The van der Waals surface area contributed by atoms with E-state index in [1.165, 1.54) is 64.2 Å². The van der Waals surface area contributed by atoms with Crippen LogP contribution in [0.2, 0.25) is 0 Å². The van der Waals surface area contributed by atoms with E-state index in [4.69, 9.17) is 37.0 Å². The second-order valence-electron chi connectivity index (χ2n) is 26.3. The predicted octanol–water partition coefficient (Wildman–Crippen LogP) is 23.1. The van der Waals surface area contributed by atoms with Gasteiger partial charge in [-0.2, -0.15) is 0 Å². The van der Waals surface area contributed by atoms with Crippen LogP contribution in [0.4, 0.5) is 0 Å². The van der Waals surface area contributed by atoms with Crippen molar-refractivity contribution < 1.29 is 80.2 Å². The average molecular weight is 1470 g/mol. The molecule has 0 heterocycles. The summed E-state index contributed by atoms with van der Waals surface area (Å²) in [5, 5.41) is 10.6. The van der Waals surface area contributed by atoms with Gasteiger partial charge >= 0.3 is 39.5 Å². The SMILES string of the molecule is CC/C=C\C/C=C\C/C=C\C/C=C\C/C=C\CCCCCC(=O)OC[C@H](COP(=O)(O)OC[C@@H](O)COP(=O)(O)OC[C@@H](COC(=O)CCCCCCC/C=C\C/C=C\CCCCC)OC(=O)CCCCCCC/C=C\CCCCCC)OC(=O)CCCCCCC/C=C\C/C=C\CCCCC. The molecule has 102 heavy (non-hydrogen) atoms. The molecule has 0 aliphatic heterocycles. The molecule has 5 atom stereocenters. The van der Waals surface area contributed by atoms with Crippen LogP contribution in [0.25, 0.3) is 0 Å². The van der Waals surface area contributed by atoms with Crippen LogP contribution in [-0.4, -0.2) is 96.7 Å². The Labute approximate surface area is 619 Å². The lowest BCUT2D eigenvalue weighted by Gasteiger charge is -2.21. The van der Waals surface area contributed by atoms with Crippen LogP contribution in [0.15, 0.2) is 122 Å². The van der Waals surface area contributed by atoms with Gasteiger partial charge in [0.1, 0.15) is 19.3 Å². The maximum atomic E-state index is 13.1. The number of esters is 4. The zero-order valence-electron chi connectivity index (χ0n) is 64.0. The van der Waals surface area contributed by atoms with E-state index in [0.717, 1.165) is 180 Å². The van der Waals surface area contributed by atoms with E-state index in [1.807, 2.05) is 0 Å². The minimum Gasteiger partial charge on any atom is -0.462 e. The summed E-state index contributed by atoms with van der Waals surface area (Å²) < 4.78 is 68.5. The first kappa shape index (κ1) is 97.5. The van der Waals surface area contributed by atoms with Crippen molar-refractivity contribution >= 4 is 39.5 Å². The summed E-state index contributed by atoms with van der Waals surface area (Å²) in [5.41, 5.74) is 0. The van der Waals surface area contributed by atoms with Crippen molar-refractivity contribution in [3.8, 4) is 0 Å². The molecule has 0 aliphatic rings. The lowest BCUT2D eigenvalue weighted by atomic mass is 10.1. The van der Waals surface area contributed by atoms with E-state index >= 15 is 0 Å². The van der Waals surface area contributed by atoms with Gasteiger partial charge in [-0.1, -0.05) is 258 Å². The molecule has 0 radical (unpaired) electrons. The third-order valence-electron chi connectivity index (χ3n) is 16.4. The number of ether oxygens (including phenoxy) is 4. The van der Waals surface area contributed by atoms with E-state index in [-0.39, 0.29) is 25.7 Å². The van der Waals surface area contributed by atoms with Gasteiger partial charge in [0.05, 0.1) is 26.4 Å². The monoisotopic (exact) mass is 1470 g/mol. The van der Waals surface area contributed by atoms with Gasteiger partial charge in [-0.05, 0) is 161 Å². The van der Waals surface area contributed by atoms with Gasteiger partial charge in [0, 0.05) is 25.7 Å². The summed E-state index contributed by atoms with van der Waals surface area (Å²) in [4.78, 5) is 73.0. The van der Waals surface area contributed by atoms with Crippen molar-refractivity contribution in [3.63, 3.8) is 0 Å². The molecule has 0 aromatic carbocycles. The Bertz CT molecular complexity index is 2410. The van der Waals surface area contributed by atoms with Crippen LogP contribution in [-0.2, 0) is 65.4 Å². The maximum absolute atomic E-state index is 13.1. The Kier molecular flexibility index (Phi) is 71.4. The molecule has 3 N–H and O–H groups in total. The summed E-state index contributed by atoms with van der Waals surface area (Å²) in [6, 6.07) is 0. The molecule has 0 spiro atoms. The molecule has 0 saturated heterocycles. The first-order valence-corrected chi connectivity index (χ1v) is 42.8. The fourth-order valence-electron chi connectivity index (χ4n) is 10.3. The van der Waals surface area contributed by atoms with Gasteiger partial charge in [-0.25, -0.2) is 9.13 Å². The highest BCUT2D eigenvalue weighted by atomic mass is 31.2. The summed E-state index contributed by atoms with van der Waals surface area (Å²) in [7, 11) is -9.98. The van der Waals surface area contributed by atoms with Gasteiger partial charge in [-0.15, -0.1) is 0 Å². The van der Waals surface area contributed by atoms with Gasteiger partial charge in [0.25, 0.3) is 0 Å². The third kappa shape index (κ3) is 73.8. The fraction of sp³-hybridized carbons (Fsp3) is 0.711. The number of unbranched alkanes of at least 4 members (excludes halogenated alkanes) is 28. The van der Waals surface area contributed by atoms with Crippen LogP contribution in [0.5, 0.6) is 0 Å². The molecule has 0 fully saturated rings. The van der Waals surface area contributed by atoms with Crippen molar-refractivity contribution in [3.05, 3.63) is 122 Å². The van der Waals surface area contributed by atoms with Gasteiger partial charge in [0.2, 0.25) is 0 Å². The summed E-state index contributed by atoms with van der Waals surface area (Å²) in [5.74, 6) is -2.25. The molecule has 0 amide bonds. The number of hydrogen-bond acceptors (Lipinski definition) is 15. The molecule has 2 unspecified atom stereocenters. The summed E-state index contributed by atoms with van der Waals surface area (Å²) >= 11 is 0. The molecule has 0 rings (SSSR count). The molecule has 0 aliphatic carbocycles. The van der Waals surface area contributed by atoms with Crippen LogP contribution < -0.4 is 0 Å². The molecule has 586 valence electrons. The van der Waals surface area contributed by atoms with Gasteiger partial charge in [0.15, 0.2) is 12.2 Å². The molecule has 0 saturated carbocycles. The normalized spacial score (nSPS) is 14.5. The molecule has 19 heteroatoms. The largest absolute Gasteiger partial charge is 0.472 e. The fourth-order valence-corrected chi connectivity index (χ4v) is 11.9. The number of allylic oxidation sites excluding steroid dienone is 20. The minimum atomic E-state index is -4.99. The number of phosphoric ester groups is 2. The highest BCUT2D eigenvalue weighted by Gasteiger charge is 2.30. The standard InChI is InChI=1S/C83H142O17P2/c1-5-9-13-17-21-25-29-33-36-37-38-39-42-45-48-52-56-60-64-68-81(86)94-74-79(100-83(88)70-66-62-58-54-50-46-41-35-31-27-23-19-15-11-7-3)76-98-102(91,92)96-72-77(84)71-95-101(89,90)97-75-78(99-82(87)69-65-61-57-53-49-43-32-28-24-20-16-12-8-4)73-93-80(85)67-63-59-55-51-47-44-40-34-30-26-22-18-14-10-6-2/h9,13,21-23,25-28,32-36,38-41,45,48,77-79,84H,5-8,10-12,14-20,24,29-31,37,42-44,46-47,49-76H2,1-4H3,(H,89,90)(H,91,92)/b13-9-,25-21-,26-22-,27-23-,32-28-,36-33-,39-38-,40-34-,41-35-,48-45-/t77-,78+,79+/m0/s1. The lowest BCUT2D eigenvalue weighted by molar-refractivity contribution is -0.161. The molecular weight excluding hydrogens is 1330 g/mol. The first-order valence-electron chi connectivity index (χ1n) is 39.8. The second-order valence-corrected chi connectivity index (χ2v) is 29.2. The van der Waals surface area contributed by atoms with Crippen LogP contribution in [0, 0.1) is 0 Å². The highest BCUT2D eigenvalue weighted by Crippen LogP contribution is 2.45. The Morgan fingerprint density at radius 3 is 0.824 bits per heavy atom. The van der Waals surface area contributed by atoms with E-state index < -0.39 is 97.5 Å². The van der Waals surface area contributed by atoms with Crippen molar-refractivity contribution in [2.24, 2.45) is 0 Å². The smallest absolute Gasteiger partial charge is 0.462 e. The first-order chi connectivity index (χ1) is 49.7. The van der Waals surface area contributed by atoms with Crippen LogP contribution in [0.1, 0.15) is 323 Å². The number of aliphatic hydroxyl groups excluding tert-OH is 1. The van der Waals surface area contributed by atoms with E-state index in [0.29, 0.717) is 25.7 Å². The van der Waals surface area contributed by atoms with Crippen LogP contribution in [0.3, 0.4) is 0 Å². The third-order valence-corrected chi connectivity index (χ3v) is 18.3. The van der Waals surface area contributed by atoms with Crippen molar-refractivity contribution in [1.82, 2.24) is 0 Å². The number of phosphoric acid groups is 2. The molecule has 0 aromatic rings. The average Bonchev–Trinajstić information content (AvgIpc) is 0.924. The Balaban J connectivity index is 5.41. The lowest BCUT2D eigenvalue weighted by Crippen LogP contribution is -2.30. The minimum absolute atomic E-state index is 0.0687. The number of carbonyl (C=O) groups is 4. The zero-order chi connectivity index (χ0) is 74.6. The van der Waals surface area contributed by atoms with Crippen molar-refractivity contribution in [1.29, 1.82) is 0 Å². The molecule has 17 nitrogen and oxygen atoms in total. The summed E-state index contributed by atoms with van der Waals surface area (Å²) in [6.45, 7) is 4.63. The topological polar surface area (TPSA) is 237 Å². The van der Waals surface area contributed by atoms with Crippen molar-refractivity contribution in [2.75, 3.05) is 39.6 Å². The zero-order valence-corrected chi connectivity index (χ0v) is 65.8. The van der Waals surface area contributed by atoms with E-state index in [1.54, 1.807) is 0 Å². The molecule has 0 bridgehead atoms. The number of aliphatic hydroxyl groups is 1. The predicted molar refractivity (Wildman–Crippen MR) is 418 cm³/mol. The van der Waals surface area contributed by atoms with E-state index in [9.17, 15) is 43.2 Å². The highest BCUT2D eigenvalue weighted by molar-refractivity contribution is 7.47. The molecular formula is C83H142O17P2. The van der Waals surface area contributed by atoms with Crippen LogP contribution >= 0.6 is 15.6 Å². The second kappa shape index (κ2) is 74.7. The number of carbonyl (C=O) groups excluding carboxylic acids is 4. The summed E-state index contributed by atoms with van der Waals surface area (Å²) in [6.07, 6.45) is 81.7.